The van der Waals surface area contributed by atoms with E-state index in [9.17, 15) is 0 Å². The Labute approximate surface area is 125 Å². The molecule has 0 heterocycles. The van der Waals surface area contributed by atoms with Crippen LogP contribution in [-0.2, 0) is 0 Å². The second-order valence-electron chi connectivity index (χ2n) is 5.69. The van der Waals surface area contributed by atoms with Gasteiger partial charge < -0.3 is 5.73 Å². The van der Waals surface area contributed by atoms with Gasteiger partial charge in [-0.2, -0.15) is 0 Å². The minimum absolute atomic E-state index is 0.191. The molecular weight excluding hydrogens is 279 g/mol. The van der Waals surface area contributed by atoms with Crippen molar-refractivity contribution in [1.82, 2.24) is 4.90 Å². The van der Waals surface area contributed by atoms with Gasteiger partial charge in [-0.3, -0.25) is 4.90 Å². The van der Waals surface area contributed by atoms with Gasteiger partial charge in [-0.25, -0.2) is 0 Å². The highest BCUT2D eigenvalue weighted by Gasteiger charge is 2.30. The van der Waals surface area contributed by atoms with E-state index in [0.717, 1.165) is 18.0 Å². The van der Waals surface area contributed by atoms with Crippen LogP contribution in [0.3, 0.4) is 0 Å². The van der Waals surface area contributed by atoms with Gasteiger partial charge >= 0.3 is 0 Å². The first-order chi connectivity index (χ1) is 9.01. The number of benzene rings is 1. The number of hydrogen-bond acceptors (Lipinski definition) is 2. The second-order valence-corrected chi connectivity index (χ2v) is 6.56. The van der Waals surface area contributed by atoms with E-state index in [0.29, 0.717) is 22.6 Å². The fourth-order valence-corrected chi connectivity index (χ4v) is 3.07. The normalized spacial score (nSPS) is 17.2. The molecule has 1 aromatic carbocycles. The lowest BCUT2D eigenvalue weighted by molar-refractivity contribution is 0.149. The Morgan fingerprint density at radius 3 is 2.21 bits per heavy atom. The van der Waals surface area contributed by atoms with E-state index in [1.165, 1.54) is 12.8 Å². The van der Waals surface area contributed by atoms with Crippen molar-refractivity contribution in [3.05, 3.63) is 33.8 Å². The van der Waals surface area contributed by atoms with Crippen molar-refractivity contribution >= 4 is 23.2 Å². The number of nitrogens with two attached hydrogens (primary N) is 1. The van der Waals surface area contributed by atoms with Crippen molar-refractivity contribution in [3.8, 4) is 0 Å². The predicted molar refractivity (Wildman–Crippen MR) is 82.8 cm³/mol. The van der Waals surface area contributed by atoms with E-state index in [4.69, 9.17) is 28.9 Å². The summed E-state index contributed by atoms with van der Waals surface area (Å²) in [7, 11) is 0. The first kappa shape index (κ1) is 15.1. The molecule has 1 fully saturated rings. The Bertz CT molecular complexity index is 410. The van der Waals surface area contributed by atoms with E-state index >= 15 is 0 Å². The molecule has 0 bridgehead atoms. The molecule has 1 aliphatic rings. The number of rotatable bonds is 6. The molecule has 0 radical (unpaired) electrons. The van der Waals surface area contributed by atoms with Crippen molar-refractivity contribution in [2.24, 2.45) is 11.7 Å². The average molecular weight is 301 g/mol. The van der Waals surface area contributed by atoms with E-state index in [2.05, 4.69) is 18.7 Å². The maximum atomic E-state index is 6.11. The summed E-state index contributed by atoms with van der Waals surface area (Å²) < 4.78 is 0. The van der Waals surface area contributed by atoms with Gasteiger partial charge in [-0.05, 0) is 56.4 Å². The lowest BCUT2D eigenvalue weighted by Crippen LogP contribution is -2.40. The van der Waals surface area contributed by atoms with Crippen LogP contribution >= 0.6 is 23.2 Å². The van der Waals surface area contributed by atoms with Gasteiger partial charge in [0.05, 0.1) is 0 Å². The van der Waals surface area contributed by atoms with Gasteiger partial charge in [0.1, 0.15) is 0 Å². The second kappa shape index (κ2) is 6.45. The molecule has 2 nitrogen and oxygen atoms in total. The smallest absolute Gasteiger partial charge is 0.0474 e. The summed E-state index contributed by atoms with van der Waals surface area (Å²) in [5, 5.41) is 1.35. The summed E-state index contributed by atoms with van der Waals surface area (Å²) >= 11 is 12.2. The standard InChI is InChI=1S/C15H22Cl2N2/c1-10(2)19(9-11-3-4-11)15(8-18)12-5-13(16)7-14(17)6-12/h5-7,10-11,15H,3-4,8-9,18H2,1-2H3. The van der Waals surface area contributed by atoms with Crippen molar-refractivity contribution in [1.29, 1.82) is 0 Å². The van der Waals surface area contributed by atoms with Crippen molar-refractivity contribution in [2.45, 2.75) is 38.8 Å². The van der Waals surface area contributed by atoms with Gasteiger partial charge in [0.2, 0.25) is 0 Å². The quantitative estimate of drug-likeness (QED) is 0.856. The molecule has 106 valence electrons. The number of nitrogens with zero attached hydrogens (tertiary/aromatic N) is 1. The molecule has 0 aliphatic heterocycles. The first-order valence-electron chi connectivity index (χ1n) is 6.93. The average Bonchev–Trinajstić information content (AvgIpc) is 3.11. The van der Waals surface area contributed by atoms with Crippen LogP contribution in [0.15, 0.2) is 18.2 Å². The van der Waals surface area contributed by atoms with Gasteiger partial charge in [-0.15, -0.1) is 0 Å². The number of hydrogen-bond donors (Lipinski definition) is 1. The summed E-state index contributed by atoms with van der Waals surface area (Å²) in [6, 6.07) is 6.38. The molecule has 19 heavy (non-hydrogen) atoms. The van der Waals surface area contributed by atoms with Crippen LogP contribution in [0, 0.1) is 5.92 Å². The van der Waals surface area contributed by atoms with Crippen LogP contribution in [0.5, 0.6) is 0 Å². The molecule has 1 atom stereocenters. The highest BCUT2D eigenvalue weighted by Crippen LogP contribution is 2.34. The summed E-state index contributed by atoms with van der Waals surface area (Å²) in [6.07, 6.45) is 2.69. The Kier molecular flexibility index (Phi) is 5.13. The molecule has 1 aromatic rings. The first-order valence-corrected chi connectivity index (χ1v) is 7.68. The van der Waals surface area contributed by atoms with E-state index in [1.807, 2.05) is 12.1 Å². The minimum Gasteiger partial charge on any atom is -0.329 e. The van der Waals surface area contributed by atoms with Gasteiger partial charge in [-0.1, -0.05) is 23.2 Å². The highest BCUT2D eigenvalue weighted by molar-refractivity contribution is 6.34. The van der Waals surface area contributed by atoms with E-state index in [1.54, 1.807) is 6.07 Å². The summed E-state index contributed by atoms with van der Waals surface area (Å²) in [5.74, 6) is 0.839. The summed E-state index contributed by atoms with van der Waals surface area (Å²) in [5.41, 5.74) is 7.13. The molecule has 0 aromatic heterocycles. The van der Waals surface area contributed by atoms with Crippen LogP contribution in [0.25, 0.3) is 0 Å². The van der Waals surface area contributed by atoms with Crippen LogP contribution in [0.4, 0.5) is 0 Å². The Balaban J connectivity index is 2.24. The van der Waals surface area contributed by atoms with Crippen molar-refractivity contribution in [3.63, 3.8) is 0 Å². The van der Waals surface area contributed by atoms with E-state index < -0.39 is 0 Å². The molecule has 1 unspecified atom stereocenters. The molecule has 0 spiro atoms. The van der Waals surface area contributed by atoms with E-state index in [-0.39, 0.29) is 6.04 Å². The van der Waals surface area contributed by atoms with Gasteiger partial charge in [0.15, 0.2) is 0 Å². The molecule has 0 amide bonds. The zero-order chi connectivity index (χ0) is 14.0. The third-order valence-electron chi connectivity index (χ3n) is 3.72. The monoisotopic (exact) mass is 300 g/mol. The highest BCUT2D eigenvalue weighted by atomic mass is 35.5. The number of halogens is 2. The zero-order valence-corrected chi connectivity index (χ0v) is 13.1. The topological polar surface area (TPSA) is 29.3 Å². The molecule has 0 saturated heterocycles. The Morgan fingerprint density at radius 1 is 1.21 bits per heavy atom. The SMILES string of the molecule is CC(C)N(CC1CC1)C(CN)c1cc(Cl)cc(Cl)c1. The predicted octanol–water partition coefficient (Wildman–Crippen LogP) is 4.11. The van der Waals surface area contributed by atoms with Crippen molar-refractivity contribution < 1.29 is 0 Å². The largest absolute Gasteiger partial charge is 0.329 e. The lowest BCUT2D eigenvalue weighted by atomic mass is 10.0. The molecular formula is C15H22Cl2N2. The Hall–Kier alpha value is -0.280. The van der Waals surface area contributed by atoms with Crippen LogP contribution < -0.4 is 5.73 Å². The van der Waals surface area contributed by atoms with Crippen molar-refractivity contribution in [2.75, 3.05) is 13.1 Å². The molecule has 2 N–H and O–H groups in total. The third-order valence-corrected chi connectivity index (χ3v) is 4.16. The lowest BCUT2D eigenvalue weighted by Gasteiger charge is -2.35. The summed E-state index contributed by atoms with van der Waals surface area (Å²) in [6.45, 7) is 6.14. The maximum absolute atomic E-state index is 6.11. The Morgan fingerprint density at radius 2 is 1.79 bits per heavy atom. The third kappa shape index (κ3) is 4.09. The molecule has 1 saturated carbocycles. The van der Waals surface area contributed by atoms with Crippen LogP contribution in [0.1, 0.15) is 38.3 Å². The molecule has 2 rings (SSSR count). The fourth-order valence-electron chi connectivity index (χ4n) is 2.53. The van der Waals surface area contributed by atoms with Crippen LogP contribution in [0.2, 0.25) is 10.0 Å². The summed E-state index contributed by atoms with van der Waals surface area (Å²) in [4.78, 5) is 2.47. The minimum atomic E-state index is 0.191. The zero-order valence-electron chi connectivity index (χ0n) is 11.6. The van der Waals surface area contributed by atoms with Crippen LogP contribution in [-0.4, -0.2) is 24.0 Å². The molecule has 4 heteroatoms. The van der Waals surface area contributed by atoms with Gasteiger partial charge in [0.25, 0.3) is 0 Å². The maximum Gasteiger partial charge on any atom is 0.0474 e. The fraction of sp³-hybridized carbons (Fsp3) is 0.600. The van der Waals surface area contributed by atoms with Gasteiger partial charge in [0, 0.05) is 35.2 Å². The molecule has 1 aliphatic carbocycles.